The number of hydrogen-bond acceptors (Lipinski definition) is 2. The van der Waals surface area contributed by atoms with Crippen molar-refractivity contribution in [1.82, 2.24) is 0 Å². The molecule has 0 spiro atoms. The molecule has 1 atom stereocenters. The molecule has 0 amide bonds. The summed E-state index contributed by atoms with van der Waals surface area (Å²) in [4.78, 5) is 12.0. The van der Waals surface area contributed by atoms with Crippen molar-refractivity contribution in [3.05, 3.63) is 35.9 Å². The van der Waals surface area contributed by atoms with E-state index in [4.69, 9.17) is 4.74 Å². The summed E-state index contributed by atoms with van der Waals surface area (Å²) >= 11 is 0. The molecule has 0 bridgehead atoms. The Bertz CT molecular complexity index is 306. The van der Waals surface area contributed by atoms with Gasteiger partial charge in [0.1, 0.15) is 6.10 Å². The second-order valence-electron chi connectivity index (χ2n) is 3.85. The van der Waals surface area contributed by atoms with Gasteiger partial charge in [0.2, 0.25) is 0 Å². The van der Waals surface area contributed by atoms with E-state index in [0.29, 0.717) is 6.61 Å². The summed E-state index contributed by atoms with van der Waals surface area (Å²) in [5.74, 6) is 0.0965. The topological polar surface area (TPSA) is 26.3 Å². The van der Waals surface area contributed by atoms with Crippen LogP contribution in [0, 0.1) is 0 Å². The fourth-order valence-corrected chi connectivity index (χ4v) is 1.54. The van der Waals surface area contributed by atoms with E-state index in [-0.39, 0.29) is 11.9 Å². The van der Waals surface area contributed by atoms with Crippen LogP contribution in [0.15, 0.2) is 30.3 Å². The van der Waals surface area contributed by atoms with Crippen LogP contribution in [-0.4, -0.2) is 18.5 Å². The second kappa shape index (κ2) is 7.18. The third-order valence-corrected chi connectivity index (χ3v) is 2.54. The Labute approximate surface area is 97.6 Å². The molecule has 0 saturated carbocycles. The molecule has 1 unspecified atom stereocenters. The minimum atomic E-state index is -0.283. The number of unbranched alkanes of at least 4 members (excludes halogenated alkanes) is 1. The van der Waals surface area contributed by atoms with Gasteiger partial charge in [0.05, 0.1) is 0 Å². The fraction of sp³-hybridized carbons (Fsp3) is 0.500. The Balaban J connectivity index is 2.56. The molecule has 16 heavy (non-hydrogen) atoms. The van der Waals surface area contributed by atoms with Gasteiger partial charge in [-0.2, -0.15) is 0 Å². The zero-order valence-corrected chi connectivity index (χ0v) is 10.1. The first kappa shape index (κ1) is 12.9. The fourth-order valence-electron chi connectivity index (χ4n) is 1.54. The maximum absolute atomic E-state index is 12.0. The average molecular weight is 220 g/mol. The molecule has 1 rings (SSSR count). The highest BCUT2D eigenvalue weighted by Gasteiger charge is 2.17. The number of hydrogen-bond donors (Lipinski definition) is 0. The number of carbonyl (C=O) groups is 1. The monoisotopic (exact) mass is 220 g/mol. The molecule has 1 aromatic rings. The van der Waals surface area contributed by atoms with E-state index >= 15 is 0 Å². The summed E-state index contributed by atoms with van der Waals surface area (Å²) in [6, 6.07) is 9.36. The molecule has 0 fully saturated rings. The van der Waals surface area contributed by atoms with Crippen molar-refractivity contribution in [1.29, 1.82) is 0 Å². The lowest BCUT2D eigenvalue weighted by molar-refractivity contribution is 0.0387. The number of rotatable bonds is 7. The Hall–Kier alpha value is -1.15. The largest absolute Gasteiger partial charge is 0.370 e. The van der Waals surface area contributed by atoms with Crippen molar-refractivity contribution < 1.29 is 9.53 Å². The lowest BCUT2D eigenvalue weighted by Crippen LogP contribution is -2.24. The van der Waals surface area contributed by atoms with E-state index in [2.05, 4.69) is 6.92 Å². The van der Waals surface area contributed by atoms with Gasteiger partial charge in [0, 0.05) is 12.2 Å². The van der Waals surface area contributed by atoms with Crippen molar-refractivity contribution in [2.75, 3.05) is 6.61 Å². The number of benzene rings is 1. The molecule has 0 radical (unpaired) electrons. The Morgan fingerprint density at radius 3 is 2.50 bits per heavy atom. The Morgan fingerprint density at radius 1 is 1.25 bits per heavy atom. The summed E-state index contributed by atoms with van der Waals surface area (Å²) in [5, 5.41) is 0. The summed E-state index contributed by atoms with van der Waals surface area (Å²) < 4.78 is 5.60. The molecular weight excluding hydrogens is 200 g/mol. The highest BCUT2D eigenvalue weighted by Crippen LogP contribution is 2.09. The van der Waals surface area contributed by atoms with Crippen molar-refractivity contribution in [2.24, 2.45) is 0 Å². The third kappa shape index (κ3) is 3.78. The van der Waals surface area contributed by atoms with Gasteiger partial charge in [0.25, 0.3) is 0 Å². The van der Waals surface area contributed by atoms with Crippen LogP contribution in [0.25, 0.3) is 0 Å². The molecule has 2 nitrogen and oxygen atoms in total. The smallest absolute Gasteiger partial charge is 0.191 e. The predicted molar refractivity (Wildman–Crippen MR) is 65.7 cm³/mol. The standard InChI is InChI=1S/C14H20O2/c1-3-5-11-16-13(4-2)14(15)12-9-7-6-8-10-12/h6-10,13H,3-5,11H2,1-2H3. The molecule has 0 saturated heterocycles. The van der Waals surface area contributed by atoms with Gasteiger partial charge in [-0.3, -0.25) is 4.79 Å². The molecule has 0 aromatic heterocycles. The highest BCUT2D eigenvalue weighted by molar-refractivity contribution is 5.99. The molecule has 2 heteroatoms. The number of ketones is 1. The van der Waals surface area contributed by atoms with Crippen LogP contribution in [0.2, 0.25) is 0 Å². The summed E-state index contributed by atoms with van der Waals surface area (Å²) in [7, 11) is 0. The van der Waals surface area contributed by atoms with Crippen LogP contribution in [0.5, 0.6) is 0 Å². The number of carbonyl (C=O) groups excluding carboxylic acids is 1. The molecule has 0 heterocycles. The first-order chi connectivity index (χ1) is 7.79. The number of Topliss-reactive ketones (excluding diaryl/α,β-unsaturated/α-hetero) is 1. The highest BCUT2D eigenvalue weighted by atomic mass is 16.5. The molecular formula is C14H20O2. The van der Waals surface area contributed by atoms with E-state index in [1.165, 1.54) is 0 Å². The van der Waals surface area contributed by atoms with E-state index in [1.807, 2.05) is 37.3 Å². The van der Waals surface area contributed by atoms with E-state index < -0.39 is 0 Å². The van der Waals surface area contributed by atoms with Crippen molar-refractivity contribution in [3.8, 4) is 0 Å². The maximum atomic E-state index is 12.0. The normalized spacial score (nSPS) is 12.4. The van der Waals surface area contributed by atoms with Crippen molar-refractivity contribution in [3.63, 3.8) is 0 Å². The first-order valence-electron chi connectivity index (χ1n) is 6.00. The molecule has 1 aromatic carbocycles. The van der Waals surface area contributed by atoms with Crippen molar-refractivity contribution >= 4 is 5.78 Å². The lowest BCUT2D eigenvalue weighted by Gasteiger charge is -2.14. The average Bonchev–Trinajstić information content (AvgIpc) is 2.35. The van der Waals surface area contributed by atoms with Gasteiger partial charge < -0.3 is 4.74 Å². The molecule has 88 valence electrons. The second-order valence-corrected chi connectivity index (χ2v) is 3.85. The quantitative estimate of drug-likeness (QED) is 0.519. The minimum absolute atomic E-state index is 0.0965. The van der Waals surface area contributed by atoms with Crippen LogP contribution in [-0.2, 0) is 4.74 Å². The van der Waals surface area contributed by atoms with Crippen LogP contribution >= 0.6 is 0 Å². The summed E-state index contributed by atoms with van der Waals surface area (Å²) in [6.07, 6.45) is 2.56. The van der Waals surface area contributed by atoms with E-state index in [0.717, 1.165) is 24.8 Å². The SMILES string of the molecule is CCCCOC(CC)C(=O)c1ccccc1. The maximum Gasteiger partial charge on any atom is 0.191 e. The zero-order valence-electron chi connectivity index (χ0n) is 10.1. The van der Waals surface area contributed by atoms with Gasteiger partial charge >= 0.3 is 0 Å². The van der Waals surface area contributed by atoms with Crippen LogP contribution in [0.4, 0.5) is 0 Å². The Morgan fingerprint density at radius 2 is 1.94 bits per heavy atom. The zero-order chi connectivity index (χ0) is 11.8. The first-order valence-corrected chi connectivity index (χ1v) is 6.00. The predicted octanol–water partition coefficient (Wildman–Crippen LogP) is 3.46. The third-order valence-electron chi connectivity index (χ3n) is 2.54. The van der Waals surface area contributed by atoms with Crippen LogP contribution in [0.3, 0.4) is 0 Å². The van der Waals surface area contributed by atoms with Gasteiger partial charge in [-0.1, -0.05) is 50.6 Å². The molecule has 0 aliphatic carbocycles. The van der Waals surface area contributed by atoms with Crippen LogP contribution < -0.4 is 0 Å². The van der Waals surface area contributed by atoms with Gasteiger partial charge in [-0.25, -0.2) is 0 Å². The Kier molecular flexibility index (Phi) is 5.79. The molecule has 0 N–H and O–H groups in total. The van der Waals surface area contributed by atoms with Gasteiger partial charge in [-0.05, 0) is 12.8 Å². The summed E-state index contributed by atoms with van der Waals surface area (Å²) in [5.41, 5.74) is 0.742. The molecule has 0 aliphatic heterocycles. The van der Waals surface area contributed by atoms with E-state index in [9.17, 15) is 4.79 Å². The van der Waals surface area contributed by atoms with Gasteiger partial charge in [0.15, 0.2) is 5.78 Å². The van der Waals surface area contributed by atoms with Crippen LogP contribution in [0.1, 0.15) is 43.5 Å². The van der Waals surface area contributed by atoms with Gasteiger partial charge in [-0.15, -0.1) is 0 Å². The van der Waals surface area contributed by atoms with Crippen molar-refractivity contribution in [2.45, 2.75) is 39.2 Å². The minimum Gasteiger partial charge on any atom is -0.370 e. The summed E-state index contributed by atoms with van der Waals surface area (Å²) in [6.45, 7) is 4.77. The molecule has 0 aliphatic rings. The van der Waals surface area contributed by atoms with E-state index in [1.54, 1.807) is 0 Å². The number of ether oxygens (including phenoxy) is 1. The lowest BCUT2D eigenvalue weighted by atomic mass is 10.0.